The number of carbonyl (C=O) groups excluding carboxylic acids is 1. The van der Waals surface area contributed by atoms with E-state index >= 15 is 0 Å². The number of nitrogens with one attached hydrogen (secondary N) is 1. The zero-order chi connectivity index (χ0) is 15.1. The van der Waals surface area contributed by atoms with Crippen molar-refractivity contribution in [3.05, 3.63) is 0 Å². The van der Waals surface area contributed by atoms with Crippen LogP contribution in [0.3, 0.4) is 0 Å². The van der Waals surface area contributed by atoms with E-state index in [0.29, 0.717) is 24.0 Å². The molecule has 0 aromatic heterocycles. The number of nitrogens with zero attached hydrogens (tertiary/aromatic N) is 1. The molecule has 3 heteroatoms. The summed E-state index contributed by atoms with van der Waals surface area (Å²) in [7, 11) is 0. The standard InChI is InChI=1S/C18H34N2O/c1-3-5-6-7-8-9-18(21)20(12-4-2)17-13-15-10-11-16(14-17)19-15/h15-17,19H,3-14H2,1-2H3. The molecule has 2 fully saturated rings. The number of amides is 1. The molecule has 0 aliphatic carbocycles. The van der Waals surface area contributed by atoms with Crippen molar-refractivity contribution in [1.29, 1.82) is 0 Å². The van der Waals surface area contributed by atoms with Crippen LogP contribution in [0.25, 0.3) is 0 Å². The fourth-order valence-corrected chi connectivity index (χ4v) is 4.06. The Labute approximate surface area is 130 Å². The van der Waals surface area contributed by atoms with Gasteiger partial charge in [0, 0.05) is 31.1 Å². The van der Waals surface area contributed by atoms with Crippen LogP contribution in [-0.2, 0) is 4.79 Å². The Morgan fingerprint density at radius 2 is 1.67 bits per heavy atom. The predicted octanol–water partition coefficient (Wildman–Crippen LogP) is 3.87. The minimum atomic E-state index is 0.416. The second kappa shape index (κ2) is 8.77. The molecule has 0 saturated carbocycles. The minimum absolute atomic E-state index is 0.416. The van der Waals surface area contributed by atoms with E-state index < -0.39 is 0 Å². The van der Waals surface area contributed by atoms with Gasteiger partial charge in [0.25, 0.3) is 0 Å². The highest BCUT2D eigenvalue weighted by atomic mass is 16.2. The maximum Gasteiger partial charge on any atom is 0.222 e. The number of rotatable bonds is 9. The van der Waals surface area contributed by atoms with E-state index in [2.05, 4.69) is 24.1 Å². The molecule has 2 saturated heterocycles. The van der Waals surface area contributed by atoms with Crippen LogP contribution >= 0.6 is 0 Å². The normalized spacial score (nSPS) is 27.8. The topological polar surface area (TPSA) is 32.3 Å². The van der Waals surface area contributed by atoms with Crippen LogP contribution < -0.4 is 5.32 Å². The summed E-state index contributed by atoms with van der Waals surface area (Å²) in [6, 6.07) is 1.85. The van der Waals surface area contributed by atoms with E-state index in [1.54, 1.807) is 0 Å². The Morgan fingerprint density at radius 3 is 2.29 bits per heavy atom. The molecule has 2 bridgehead atoms. The van der Waals surface area contributed by atoms with Gasteiger partial charge in [0.2, 0.25) is 5.91 Å². The Morgan fingerprint density at radius 1 is 1.00 bits per heavy atom. The molecule has 0 radical (unpaired) electrons. The van der Waals surface area contributed by atoms with Gasteiger partial charge < -0.3 is 10.2 Å². The van der Waals surface area contributed by atoms with E-state index in [-0.39, 0.29) is 0 Å². The van der Waals surface area contributed by atoms with Gasteiger partial charge in [0.15, 0.2) is 0 Å². The van der Waals surface area contributed by atoms with Crippen LogP contribution in [0.1, 0.15) is 84.5 Å². The largest absolute Gasteiger partial charge is 0.340 e. The van der Waals surface area contributed by atoms with E-state index in [1.807, 2.05) is 0 Å². The highest BCUT2D eigenvalue weighted by molar-refractivity contribution is 5.76. The average molecular weight is 294 g/mol. The SMILES string of the molecule is CCCCCCCC(=O)N(CCC)C1CC2CCC(C1)N2. The molecule has 2 heterocycles. The molecular weight excluding hydrogens is 260 g/mol. The first-order chi connectivity index (χ1) is 10.2. The van der Waals surface area contributed by atoms with Crippen molar-refractivity contribution in [1.82, 2.24) is 10.2 Å². The Hall–Kier alpha value is -0.570. The van der Waals surface area contributed by atoms with Gasteiger partial charge in [0.1, 0.15) is 0 Å². The second-order valence-electron chi connectivity index (χ2n) is 7.01. The molecular formula is C18H34N2O. The van der Waals surface area contributed by atoms with E-state index in [1.165, 1.54) is 51.4 Å². The van der Waals surface area contributed by atoms with Gasteiger partial charge in [-0.25, -0.2) is 0 Å². The molecule has 0 aromatic rings. The number of piperidine rings is 1. The molecule has 2 unspecified atom stereocenters. The van der Waals surface area contributed by atoms with Crippen molar-refractivity contribution >= 4 is 5.91 Å². The quantitative estimate of drug-likeness (QED) is 0.655. The van der Waals surface area contributed by atoms with Gasteiger partial charge in [-0.05, 0) is 38.5 Å². The summed E-state index contributed by atoms with van der Waals surface area (Å²) in [6.45, 7) is 5.38. The van der Waals surface area contributed by atoms with Crippen molar-refractivity contribution in [2.75, 3.05) is 6.54 Å². The third-order valence-corrected chi connectivity index (χ3v) is 5.17. The number of unbranched alkanes of at least 4 members (excludes halogenated alkanes) is 4. The smallest absolute Gasteiger partial charge is 0.222 e. The lowest BCUT2D eigenvalue weighted by Crippen LogP contribution is -2.50. The highest BCUT2D eigenvalue weighted by Crippen LogP contribution is 2.30. The first-order valence-electron chi connectivity index (χ1n) is 9.30. The van der Waals surface area contributed by atoms with Gasteiger partial charge in [-0.3, -0.25) is 4.79 Å². The molecule has 2 aliphatic rings. The zero-order valence-corrected chi connectivity index (χ0v) is 14.1. The number of carbonyl (C=O) groups is 1. The first kappa shape index (κ1) is 16.8. The van der Waals surface area contributed by atoms with Gasteiger partial charge in [0.05, 0.1) is 0 Å². The fourth-order valence-electron chi connectivity index (χ4n) is 4.06. The monoisotopic (exact) mass is 294 g/mol. The molecule has 122 valence electrons. The first-order valence-corrected chi connectivity index (χ1v) is 9.30. The summed E-state index contributed by atoms with van der Waals surface area (Å²) in [6.07, 6.45) is 13.0. The second-order valence-corrected chi connectivity index (χ2v) is 7.01. The molecule has 21 heavy (non-hydrogen) atoms. The van der Waals surface area contributed by atoms with Crippen LogP contribution in [0.2, 0.25) is 0 Å². The molecule has 0 spiro atoms. The van der Waals surface area contributed by atoms with Crippen molar-refractivity contribution in [3.63, 3.8) is 0 Å². The molecule has 1 N–H and O–H groups in total. The number of fused-ring (bicyclic) bond motifs is 2. The van der Waals surface area contributed by atoms with Crippen molar-refractivity contribution in [2.45, 2.75) is 103 Å². The Bertz CT molecular complexity index is 306. The van der Waals surface area contributed by atoms with Gasteiger partial charge in [-0.1, -0.05) is 39.5 Å². The molecule has 2 aliphatic heterocycles. The Balaban J connectivity index is 1.78. The number of hydrogen-bond donors (Lipinski definition) is 1. The van der Waals surface area contributed by atoms with Crippen LogP contribution in [0.4, 0.5) is 0 Å². The zero-order valence-electron chi connectivity index (χ0n) is 14.1. The molecule has 1 amide bonds. The lowest BCUT2D eigenvalue weighted by atomic mass is 9.97. The minimum Gasteiger partial charge on any atom is -0.340 e. The maximum atomic E-state index is 12.6. The molecule has 2 rings (SSSR count). The highest BCUT2D eigenvalue weighted by Gasteiger charge is 2.37. The third-order valence-electron chi connectivity index (χ3n) is 5.17. The lowest BCUT2D eigenvalue weighted by Gasteiger charge is -2.38. The van der Waals surface area contributed by atoms with Gasteiger partial charge in [-0.15, -0.1) is 0 Å². The van der Waals surface area contributed by atoms with Crippen LogP contribution in [-0.4, -0.2) is 35.5 Å². The summed E-state index contributed by atoms with van der Waals surface area (Å²) in [5.74, 6) is 0.416. The summed E-state index contributed by atoms with van der Waals surface area (Å²) in [5, 5.41) is 3.68. The van der Waals surface area contributed by atoms with Crippen molar-refractivity contribution < 1.29 is 4.79 Å². The summed E-state index contributed by atoms with van der Waals surface area (Å²) < 4.78 is 0. The van der Waals surface area contributed by atoms with Crippen LogP contribution in [0.15, 0.2) is 0 Å². The maximum absolute atomic E-state index is 12.6. The molecule has 3 nitrogen and oxygen atoms in total. The van der Waals surface area contributed by atoms with Gasteiger partial charge in [-0.2, -0.15) is 0 Å². The van der Waals surface area contributed by atoms with E-state index in [0.717, 1.165) is 25.8 Å². The lowest BCUT2D eigenvalue weighted by molar-refractivity contribution is -0.134. The average Bonchev–Trinajstić information content (AvgIpc) is 2.82. The number of hydrogen-bond acceptors (Lipinski definition) is 2. The molecule has 2 atom stereocenters. The predicted molar refractivity (Wildman–Crippen MR) is 88.3 cm³/mol. The Kier molecular flexibility index (Phi) is 7.01. The summed E-state index contributed by atoms with van der Waals surface area (Å²) in [4.78, 5) is 14.8. The fraction of sp³-hybridized carbons (Fsp3) is 0.944. The van der Waals surface area contributed by atoms with E-state index in [9.17, 15) is 4.79 Å². The molecule has 0 aromatic carbocycles. The summed E-state index contributed by atoms with van der Waals surface area (Å²) >= 11 is 0. The van der Waals surface area contributed by atoms with Crippen molar-refractivity contribution in [2.24, 2.45) is 0 Å². The van der Waals surface area contributed by atoms with Crippen molar-refractivity contribution in [3.8, 4) is 0 Å². The van der Waals surface area contributed by atoms with Gasteiger partial charge >= 0.3 is 0 Å². The van der Waals surface area contributed by atoms with Crippen LogP contribution in [0, 0.1) is 0 Å². The third kappa shape index (κ3) is 4.98. The van der Waals surface area contributed by atoms with E-state index in [4.69, 9.17) is 0 Å². The summed E-state index contributed by atoms with van der Waals surface area (Å²) in [5.41, 5.74) is 0. The van der Waals surface area contributed by atoms with Crippen LogP contribution in [0.5, 0.6) is 0 Å².